The lowest BCUT2D eigenvalue weighted by atomic mass is 9.81. The Kier molecular flexibility index (Phi) is 5.54. The van der Waals surface area contributed by atoms with Crippen LogP contribution in [0.3, 0.4) is 0 Å². The summed E-state index contributed by atoms with van der Waals surface area (Å²) >= 11 is 0. The fourth-order valence-electron chi connectivity index (χ4n) is 4.62. The van der Waals surface area contributed by atoms with Gasteiger partial charge >= 0.3 is 12.1 Å². The average molecular weight is 408 g/mol. The number of rotatable bonds is 8. The topological polar surface area (TPSA) is 75.6 Å². The minimum absolute atomic E-state index is 0.0415. The van der Waals surface area contributed by atoms with E-state index in [-0.39, 0.29) is 17.9 Å². The highest BCUT2D eigenvalue weighted by Gasteiger charge is 2.38. The maximum atomic E-state index is 12.4. The molecule has 0 aromatic heterocycles. The number of carboxylic acids is 1. The van der Waals surface area contributed by atoms with E-state index in [1.165, 1.54) is 12.8 Å². The number of carbonyl (C=O) groups excluding carboxylic acids is 1. The Bertz CT molecular complexity index is 902. The Morgan fingerprint density at radius 2 is 1.63 bits per heavy atom. The summed E-state index contributed by atoms with van der Waals surface area (Å²) in [5.41, 5.74) is 4.69. The maximum Gasteiger partial charge on any atom is 0.407 e. The van der Waals surface area contributed by atoms with E-state index in [2.05, 4.69) is 43.4 Å². The first-order chi connectivity index (χ1) is 14.4. The van der Waals surface area contributed by atoms with Gasteiger partial charge in [0.25, 0.3) is 0 Å². The van der Waals surface area contributed by atoms with Crippen LogP contribution in [0.2, 0.25) is 0 Å². The summed E-state index contributed by atoms with van der Waals surface area (Å²) in [5.74, 6) is -0.392. The zero-order valence-corrected chi connectivity index (χ0v) is 17.6. The molecule has 1 saturated carbocycles. The van der Waals surface area contributed by atoms with Crippen LogP contribution in [0.1, 0.15) is 56.6 Å². The smallest absolute Gasteiger partial charge is 0.407 e. The average Bonchev–Trinajstić information content (AvgIpc) is 3.54. The number of fused-ring (bicyclic) bond motifs is 3. The van der Waals surface area contributed by atoms with Gasteiger partial charge in [0.05, 0.1) is 0 Å². The predicted octanol–water partition coefficient (Wildman–Crippen LogP) is 5.19. The van der Waals surface area contributed by atoms with Crippen molar-refractivity contribution in [3.05, 3.63) is 59.7 Å². The first-order valence-electron chi connectivity index (χ1n) is 10.7. The molecule has 1 unspecified atom stereocenters. The highest BCUT2D eigenvalue weighted by atomic mass is 16.5. The second-order valence-corrected chi connectivity index (χ2v) is 9.16. The van der Waals surface area contributed by atoms with Crippen molar-refractivity contribution in [2.45, 2.75) is 51.5 Å². The van der Waals surface area contributed by atoms with Crippen molar-refractivity contribution in [1.82, 2.24) is 5.32 Å². The highest BCUT2D eigenvalue weighted by Crippen LogP contribution is 2.48. The number of nitrogens with one attached hydrogen (secondary N) is 1. The first kappa shape index (κ1) is 20.5. The molecule has 2 aliphatic carbocycles. The van der Waals surface area contributed by atoms with Gasteiger partial charge in [0.15, 0.2) is 0 Å². The summed E-state index contributed by atoms with van der Waals surface area (Å²) in [7, 11) is 0. The number of ether oxygens (including phenoxy) is 1. The molecule has 2 aliphatic rings. The number of carboxylic acid groups (broad SMARTS) is 1. The molecule has 0 aliphatic heterocycles. The Balaban J connectivity index is 1.37. The summed E-state index contributed by atoms with van der Waals surface area (Å²) in [6, 6.07) is 15.3. The molecule has 30 heavy (non-hydrogen) atoms. The Morgan fingerprint density at radius 3 is 2.17 bits per heavy atom. The summed E-state index contributed by atoms with van der Waals surface area (Å²) in [4.78, 5) is 24.1. The van der Waals surface area contributed by atoms with Crippen molar-refractivity contribution in [1.29, 1.82) is 0 Å². The summed E-state index contributed by atoms with van der Waals surface area (Å²) in [5, 5.41) is 12.1. The lowest BCUT2D eigenvalue weighted by molar-refractivity contribution is -0.139. The van der Waals surface area contributed by atoms with Crippen LogP contribution in [0, 0.1) is 11.3 Å². The fourth-order valence-corrected chi connectivity index (χ4v) is 4.62. The van der Waals surface area contributed by atoms with E-state index in [1.807, 2.05) is 24.3 Å². The second-order valence-electron chi connectivity index (χ2n) is 9.16. The van der Waals surface area contributed by atoms with Gasteiger partial charge in [-0.2, -0.15) is 0 Å². The largest absolute Gasteiger partial charge is 0.480 e. The molecule has 1 amide bonds. The number of amides is 1. The normalized spacial score (nSPS) is 16.5. The van der Waals surface area contributed by atoms with Crippen LogP contribution in [-0.2, 0) is 9.53 Å². The lowest BCUT2D eigenvalue weighted by Gasteiger charge is -2.26. The van der Waals surface area contributed by atoms with Gasteiger partial charge in [-0.25, -0.2) is 9.59 Å². The molecule has 0 bridgehead atoms. The molecule has 5 nitrogen and oxygen atoms in total. The molecule has 2 N–H and O–H groups in total. The van der Waals surface area contributed by atoms with Gasteiger partial charge in [-0.1, -0.05) is 62.4 Å². The van der Waals surface area contributed by atoms with Crippen molar-refractivity contribution in [3.8, 4) is 11.1 Å². The van der Waals surface area contributed by atoms with E-state index < -0.39 is 18.1 Å². The van der Waals surface area contributed by atoms with Crippen molar-refractivity contribution in [2.75, 3.05) is 6.61 Å². The molecular weight excluding hydrogens is 378 g/mol. The molecule has 2 aromatic rings. The van der Waals surface area contributed by atoms with Crippen LogP contribution < -0.4 is 5.32 Å². The van der Waals surface area contributed by atoms with Crippen LogP contribution >= 0.6 is 0 Å². The van der Waals surface area contributed by atoms with E-state index >= 15 is 0 Å². The molecule has 1 fully saturated rings. The minimum atomic E-state index is -1.02. The first-order valence-corrected chi connectivity index (χ1v) is 10.7. The predicted molar refractivity (Wildman–Crippen MR) is 115 cm³/mol. The third kappa shape index (κ3) is 4.20. The highest BCUT2D eigenvalue weighted by molar-refractivity contribution is 5.81. The minimum Gasteiger partial charge on any atom is -0.480 e. The molecule has 2 aromatic carbocycles. The Hall–Kier alpha value is -2.82. The van der Waals surface area contributed by atoms with Crippen LogP contribution in [0.25, 0.3) is 11.1 Å². The van der Waals surface area contributed by atoms with Gasteiger partial charge in [0, 0.05) is 5.92 Å². The van der Waals surface area contributed by atoms with Crippen molar-refractivity contribution < 1.29 is 19.4 Å². The number of alkyl carbamates (subject to hydrolysis) is 1. The molecule has 4 rings (SSSR count). The number of hydrogen-bond donors (Lipinski definition) is 2. The summed E-state index contributed by atoms with van der Waals surface area (Å²) in [6.45, 7) is 4.54. The third-order valence-corrected chi connectivity index (χ3v) is 6.69. The van der Waals surface area contributed by atoms with E-state index in [9.17, 15) is 14.7 Å². The van der Waals surface area contributed by atoms with E-state index in [0.717, 1.165) is 28.7 Å². The second kappa shape index (κ2) is 8.13. The Labute approximate surface area is 177 Å². The molecule has 1 atom stereocenters. The van der Waals surface area contributed by atoms with Gasteiger partial charge in [-0.05, 0) is 59.3 Å². The number of aliphatic carboxylic acids is 1. The standard InChI is InChI=1S/C25H29NO4/c1-25(2,16-11-12-16)14-13-22(23(27)28)26-24(29)30-15-21-19-9-5-3-7-17(19)18-8-4-6-10-20(18)21/h3-10,16,21-22H,11-15H2,1-2H3,(H,26,29)(H,27,28). The molecule has 0 saturated heterocycles. The van der Waals surface area contributed by atoms with Crippen LogP contribution in [0.4, 0.5) is 4.79 Å². The van der Waals surface area contributed by atoms with E-state index in [0.29, 0.717) is 12.3 Å². The monoisotopic (exact) mass is 407 g/mol. The van der Waals surface area contributed by atoms with Gasteiger partial charge in [-0.3, -0.25) is 0 Å². The lowest BCUT2D eigenvalue weighted by Crippen LogP contribution is -2.42. The number of carbonyl (C=O) groups is 2. The molecule has 0 spiro atoms. The van der Waals surface area contributed by atoms with Crippen molar-refractivity contribution >= 4 is 12.1 Å². The molecular formula is C25H29NO4. The molecule has 0 radical (unpaired) electrons. The quantitative estimate of drug-likeness (QED) is 0.631. The van der Waals surface area contributed by atoms with Crippen LogP contribution in [0.15, 0.2) is 48.5 Å². The molecule has 5 heteroatoms. The summed E-state index contributed by atoms with van der Waals surface area (Å²) in [6.07, 6.45) is 2.92. The van der Waals surface area contributed by atoms with Gasteiger partial charge in [-0.15, -0.1) is 0 Å². The van der Waals surface area contributed by atoms with Crippen molar-refractivity contribution in [2.24, 2.45) is 11.3 Å². The Morgan fingerprint density at radius 1 is 1.07 bits per heavy atom. The SMILES string of the molecule is CC(C)(CCC(NC(=O)OCC1c2ccccc2-c2ccccc21)C(=O)O)C1CC1. The van der Waals surface area contributed by atoms with Crippen molar-refractivity contribution in [3.63, 3.8) is 0 Å². The number of hydrogen-bond acceptors (Lipinski definition) is 3. The van der Waals surface area contributed by atoms with E-state index in [1.54, 1.807) is 0 Å². The summed E-state index contributed by atoms with van der Waals surface area (Å²) < 4.78 is 5.50. The third-order valence-electron chi connectivity index (χ3n) is 6.69. The van der Waals surface area contributed by atoms with Crippen LogP contribution in [0.5, 0.6) is 0 Å². The molecule has 158 valence electrons. The zero-order valence-electron chi connectivity index (χ0n) is 17.6. The number of benzene rings is 2. The zero-order chi connectivity index (χ0) is 21.3. The maximum absolute atomic E-state index is 12.4. The van der Waals surface area contributed by atoms with Gasteiger partial charge in [0.1, 0.15) is 12.6 Å². The van der Waals surface area contributed by atoms with Gasteiger partial charge < -0.3 is 15.2 Å². The molecule has 0 heterocycles. The van der Waals surface area contributed by atoms with E-state index in [4.69, 9.17) is 4.74 Å². The van der Waals surface area contributed by atoms with Crippen LogP contribution in [-0.4, -0.2) is 29.8 Å². The fraction of sp³-hybridized carbons (Fsp3) is 0.440. The van der Waals surface area contributed by atoms with Gasteiger partial charge in [0.2, 0.25) is 0 Å².